The maximum atomic E-state index is 4.74. The normalized spacial score (nSPS) is 12.8. The SMILES string of the molecule is CCNC(=NCC(C)(C)CN(C)C)NCCc1nc(C)c(C)s1. The number of rotatable bonds is 8. The molecule has 0 amide bonds. The molecule has 0 saturated heterocycles. The fourth-order valence-corrected chi connectivity index (χ4v) is 3.41. The highest BCUT2D eigenvalue weighted by molar-refractivity contribution is 7.11. The maximum absolute atomic E-state index is 4.74. The number of aryl methyl sites for hydroxylation is 2. The smallest absolute Gasteiger partial charge is 0.191 e. The number of aromatic nitrogens is 1. The van der Waals surface area contributed by atoms with Gasteiger partial charge in [-0.3, -0.25) is 4.99 Å². The third-order valence-electron chi connectivity index (χ3n) is 3.46. The summed E-state index contributed by atoms with van der Waals surface area (Å²) in [4.78, 5) is 12.8. The second-order valence-electron chi connectivity index (χ2n) is 7.02. The van der Waals surface area contributed by atoms with Gasteiger partial charge in [0.1, 0.15) is 0 Å². The molecule has 23 heavy (non-hydrogen) atoms. The summed E-state index contributed by atoms with van der Waals surface area (Å²) >= 11 is 1.79. The van der Waals surface area contributed by atoms with Gasteiger partial charge in [0.2, 0.25) is 0 Å². The predicted molar refractivity (Wildman–Crippen MR) is 102 cm³/mol. The van der Waals surface area contributed by atoms with Crippen LogP contribution in [0.3, 0.4) is 0 Å². The quantitative estimate of drug-likeness (QED) is 0.564. The fraction of sp³-hybridized carbons (Fsp3) is 0.765. The number of nitrogens with one attached hydrogen (secondary N) is 2. The zero-order valence-corrected chi connectivity index (χ0v) is 16.6. The first kappa shape index (κ1) is 19.9. The van der Waals surface area contributed by atoms with Crippen LogP contribution in [0.2, 0.25) is 0 Å². The topological polar surface area (TPSA) is 52.6 Å². The number of guanidine groups is 1. The van der Waals surface area contributed by atoms with Gasteiger partial charge in [0.25, 0.3) is 0 Å². The van der Waals surface area contributed by atoms with Crippen LogP contribution >= 0.6 is 11.3 Å². The van der Waals surface area contributed by atoms with Crippen molar-refractivity contribution in [2.24, 2.45) is 10.4 Å². The van der Waals surface area contributed by atoms with E-state index in [-0.39, 0.29) is 5.41 Å². The Morgan fingerprint density at radius 1 is 1.26 bits per heavy atom. The van der Waals surface area contributed by atoms with E-state index >= 15 is 0 Å². The molecule has 2 N–H and O–H groups in total. The van der Waals surface area contributed by atoms with Crippen molar-refractivity contribution >= 4 is 17.3 Å². The van der Waals surface area contributed by atoms with Crippen molar-refractivity contribution in [1.29, 1.82) is 0 Å². The zero-order chi connectivity index (χ0) is 17.5. The minimum atomic E-state index is 0.162. The number of aliphatic imine (C=N–C) groups is 1. The fourth-order valence-electron chi connectivity index (χ4n) is 2.47. The Labute approximate surface area is 145 Å². The van der Waals surface area contributed by atoms with Crippen LogP contribution in [0.25, 0.3) is 0 Å². The molecule has 0 radical (unpaired) electrons. The summed E-state index contributed by atoms with van der Waals surface area (Å²) in [7, 11) is 4.21. The van der Waals surface area contributed by atoms with E-state index in [9.17, 15) is 0 Å². The molecular formula is C17H33N5S. The molecule has 0 unspecified atom stereocenters. The number of nitrogens with zero attached hydrogens (tertiary/aromatic N) is 3. The summed E-state index contributed by atoms with van der Waals surface area (Å²) in [6, 6.07) is 0. The summed E-state index contributed by atoms with van der Waals surface area (Å²) in [6.45, 7) is 14.3. The highest BCUT2D eigenvalue weighted by Gasteiger charge is 2.18. The van der Waals surface area contributed by atoms with Gasteiger partial charge in [0.05, 0.1) is 10.7 Å². The van der Waals surface area contributed by atoms with Crippen molar-refractivity contribution < 1.29 is 0 Å². The molecule has 0 aliphatic rings. The number of hydrogen-bond donors (Lipinski definition) is 2. The third-order valence-corrected chi connectivity index (χ3v) is 4.59. The van der Waals surface area contributed by atoms with E-state index in [0.29, 0.717) is 0 Å². The lowest BCUT2D eigenvalue weighted by molar-refractivity contribution is 0.248. The molecule has 0 spiro atoms. The van der Waals surface area contributed by atoms with Gasteiger partial charge in [-0.15, -0.1) is 11.3 Å². The third kappa shape index (κ3) is 7.79. The highest BCUT2D eigenvalue weighted by atomic mass is 32.1. The second kappa shape index (κ2) is 9.23. The highest BCUT2D eigenvalue weighted by Crippen LogP contribution is 2.17. The first-order chi connectivity index (χ1) is 10.7. The van der Waals surface area contributed by atoms with Crippen LogP contribution in [0.1, 0.15) is 36.3 Å². The molecule has 1 rings (SSSR count). The predicted octanol–water partition coefficient (Wildman–Crippen LogP) is 2.45. The summed E-state index contributed by atoms with van der Waals surface area (Å²) in [5.74, 6) is 0.893. The van der Waals surface area contributed by atoms with Gasteiger partial charge in [-0.1, -0.05) is 13.8 Å². The molecule has 0 aromatic carbocycles. The number of hydrogen-bond acceptors (Lipinski definition) is 4. The van der Waals surface area contributed by atoms with E-state index in [2.05, 4.69) is 69.2 Å². The zero-order valence-electron chi connectivity index (χ0n) is 15.8. The van der Waals surface area contributed by atoms with Gasteiger partial charge >= 0.3 is 0 Å². The Morgan fingerprint density at radius 3 is 2.48 bits per heavy atom. The molecule has 6 heteroatoms. The van der Waals surface area contributed by atoms with Crippen molar-refractivity contribution in [3.8, 4) is 0 Å². The van der Waals surface area contributed by atoms with Crippen molar-refractivity contribution in [3.63, 3.8) is 0 Å². The van der Waals surface area contributed by atoms with Crippen LogP contribution in [0, 0.1) is 19.3 Å². The minimum absolute atomic E-state index is 0.162. The molecule has 0 atom stereocenters. The van der Waals surface area contributed by atoms with Crippen molar-refractivity contribution in [2.45, 2.75) is 41.0 Å². The Bertz CT molecular complexity index is 486. The monoisotopic (exact) mass is 339 g/mol. The first-order valence-corrected chi connectivity index (χ1v) is 9.15. The molecule has 0 aliphatic carbocycles. The average Bonchev–Trinajstić information content (AvgIpc) is 2.73. The minimum Gasteiger partial charge on any atom is -0.357 e. The van der Waals surface area contributed by atoms with E-state index < -0.39 is 0 Å². The molecule has 0 aliphatic heterocycles. The summed E-state index contributed by atoms with van der Waals surface area (Å²) in [6.07, 6.45) is 0.935. The molecule has 1 aromatic rings. The largest absolute Gasteiger partial charge is 0.357 e. The molecule has 0 fully saturated rings. The number of thiazole rings is 1. The van der Waals surface area contributed by atoms with Crippen molar-refractivity contribution in [2.75, 3.05) is 40.3 Å². The molecule has 5 nitrogen and oxygen atoms in total. The lowest BCUT2D eigenvalue weighted by Crippen LogP contribution is -2.40. The van der Waals surface area contributed by atoms with Crippen LogP contribution in [0.15, 0.2) is 4.99 Å². The maximum Gasteiger partial charge on any atom is 0.191 e. The molecule has 1 aromatic heterocycles. The van der Waals surface area contributed by atoms with Gasteiger partial charge in [-0.05, 0) is 40.3 Å². The van der Waals surface area contributed by atoms with E-state index in [1.54, 1.807) is 11.3 Å². The van der Waals surface area contributed by atoms with Crippen LogP contribution < -0.4 is 10.6 Å². The Hall–Kier alpha value is -1.14. The van der Waals surface area contributed by atoms with E-state index in [4.69, 9.17) is 4.99 Å². The van der Waals surface area contributed by atoms with E-state index in [1.807, 2.05) is 0 Å². The second-order valence-corrected chi connectivity index (χ2v) is 8.31. The van der Waals surface area contributed by atoms with Crippen LogP contribution in [-0.4, -0.2) is 56.1 Å². The summed E-state index contributed by atoms with van der Waals surface area (Å²) < 4.78 is 0. The van der Waals surface area contributed by atoms with E-state index in [1.165, 1.54) is 9.88 Å². The Balaban J connectivity index is 2.52. The Kier molecular flexibility index (Phi) is 7.99. The average molecular weight is 340 g/mol. The summed E-state index contributed by atoms with van der Waals surface area (Å²) in [5, 5.41) is 7.93. The van der Waals surface area contributed by atoms with Gasteiger partial charge < -0.3 is 15.5 Å². The van der Waals surface area contributed by atoms with Gasteiger partial charge in [-0.2, -0.15) is 0 Å². The van der Waals surface area contributed by atoms with Gasteiger partial charge in [0, 0.05) is 37.5 Å². The van der Waals surface area contributed by atoms with Crippen LogP contribution in [-0.2, 0) is 6.42 Å². The summed E-state index contributed by atoms with van der Waals surface area (Å²) in [5.41, 5.74) is 1.31. The van der Waals surface area contributed by atoms with Crippen molar-refractivity contribution in [1.82, 2.24) is 20.5 Å². The van der Waals surface area contributed by atoms with E-state index in [0.717, 1.165) is 44.3 Å². The molecule has 132 valence electrons. The standard InChI is InChI=1S/C17H33N5S/c1-8-18-16(20-11-17(4,5)12-22(6)7)19-10-9-15-21-13(2)14(3)23-15/h8-12H2,1-7H3,(H2,18,19,20). The van der Waals surface area contributed by atoms with Crippen LogP contribution in [0.5, 0.6) is 0 Å². The lowest BCUT2D eigenvalue weighted by Gasteiger charge is -2.26. The van der Waals surface area contributed by atoms with Gasteiger partial charge in [0.15, 0.2) is 5.96 Å². The Morgan fingerprint density at radius 2 is 1.96 bits per heavy atom. The van der Waals surface area contributed by atoms with Crippen LogP contribution in [0.4, 0.5) is 0 Å². The molecule has 1 heterocycles. The molecule has 0 bridgehead atoms. The van der Waals surface area contributed by atoms with Crippen molar-refractivity contribution in [3.05, 3.63) is 15.6 Å². The lowest BCUT2D eigenvalue weighted by atomic mass is 9.93. The first-order valence-electron chi connectivity index (χ1n) is 8.33. The molecular weight excluding hydrogens is 306 g/mol. The van der Waals surface area contributed by atoms with Gasteiger partial charge in [-0.25, -0.2) is 4.98 Å². The molecule has 0 saturated carbocycles.